The van der Waals surface area contributed by atoms with Crippen molar-refractivity contribution < 1.29 is 14.8 Å². The van der Waals surface area contributed by atoms with Crippen LogP contribution in [-0.2, 0) is 0 Å². The molecule has 1 N–H and O–H groups in total. The van der Waals surface area contributed by atoms with Crippen LogP contribution in [0, 0.1) is 17.0 Å². The van der Waals surface area contributed by atoms with Gasteiger partial charge in [-0.25, -0.2) is 9.78 Å². The van der Waals surface area contributed by atoms with Gasteiger partial charge in [0.25, 0.3) is 0 Å². The number of hydrogen-bond acceptors (Lipinski definition) is 5. The molecule has 0 radical (unpaired) electrons. The van der Waals surface area contributed by atoms with Gasteiger partial charge in [-0.05, 0) is 24.3 Å². The van der Waals surface area contributed by atoms with Crippen molar-refractivity contribution in [1.82, 2.24) is 14.6 Å². The molecule has 1 aliphatic heterocycles. The Balaban J connectivity index is 2.30. The van der Waals surface area contributed by atoms with Crippen LogP contribution in [0.2, 0.25) is 0 Å². The fourth-order valence-corrected chi connectivity index (χ4v) is 2.70. The Morgan fingerprint density at radius 1 is 1.57 bits per heavy atom. The molecule has 1 aliphatic rings. The van der Waals surface area contributed by atoms with Crippen LogP contribution >= 0.6 is 0 Å². The first-order valence-electron chi connectivity index (χ1n) is 6.89. The van der Waals surface area contributed by atoms with Crippen molar-refractivity contribution in [1.29, 1.82) is 0 Å². The van der Waals surface area contributed by atoms with E-state index in [1.54, 1.807) is 6.92 Å². The quantitative estimate of drug-likeness (QED) is 0.661. The van der Waals surface area contributed by atoms with Crippen molar-refractivity contribution in [2.45, 2.75) is 32.7 Å². The van der Waals surface area contributed by atoms with Crippen molar-refractivity contribution in [3.05, 3.63) is 22.1 Å². The van der Waals surface area contributed by atoms with Gasteiger partial charge in [0.15, 0.2) is 0 Å². The van der Waals surface area contributed by atoms with E-state index in [0.717, 1.165) is 35.5 Å². The van der Waals surface area contributed by atoms with Crippen LogP contribution in [0.4, 0.5) is 10.6 Å². The van der Waals surface area contributed by atoms with Crippen LogP contribution in [-0.4, -0.2) is 56.4 Å². The second kappa shape index (κ2) is 6.08. The van der Waals surface area contributed by atoms with Crippen LogP contribution in [0.1, 0.15) is 25.6 Å². The van der Waals surface area contributed by atoms with E-state index in [0.29, 0.717) is 18.7 Å². The highest BCUT2D eigenvalue weighted by Gasteiger charge is 2.36. The largest absolute Gasteiger partial charge is 0.463 e. The second-order valence-electron chi connectivity index (χ2n) is 5.03. The van der Waals surface area contributed by atoms with Gasteiger partial charge in [-0.1, -0.05) is 11.6 Å². The summed E-state index contributed by atoms with van der Waals surface area (Å²) in [5.41, 5.74) is 0. The van der Waals surface area contributed by atoms with E-state index < -0.39 is 11.0 Å². The number of aryl methyl sites for hydroxylation is 1. The van der Waals surface area contributed by atoms with Crippen LogP contribution in [0.3, 0.4) is 0 Å². The van der Waals surface area contributed by atoms with Crippen molar-refractivity contribution in [3.63, 3.8) is 0 Å². The number of carbonyl (C=O) groups is 1. The molecule has 1 aromatic heterocycles. The molecule has 116 valence electrons. The maximum absolute atomic E-state index is 11.6. The number of rotatable bonds is 4. The summed E-state index contributed by atoms with van der Waals surface area (Å²) in [6, 6.07) is -0.281. The predicted molar refractivity (Wildman–Crippen MR) is 75.0 cm³/mol. The zero-order valence-corrected chi connectivity index (χ0v) is 12.1. The zero-order chi connectivity index (χ0) is 15.6. The molecule has 1 fully saturated rings. The summed E-state index contributed by atoms with van der Waals surface area (Å²) in [6.45, 7) is 6.10. The van der Waals surface area contributed by atoms with E-state index in [9.17, 15) is 20.0 Å². The number of imidazole rings is 1. The molecule has 1 aromatic rings. The monoisotopic (exact) mass is 297 g/mol. The number of piperidine rings is 1. The summed E-state index contributed by atoms with van der Waals surface area (Å²) in [5, 5.41) is 21.6. The normalized spacial score (nSPS) is 16.9. The first-order chi connectivity index (χ1) is 9.95. The van der Waals surface area contributed by atoms with Crippen molar-refractivity contribution in [3.8, 4) is 0 Å². The zero-order valence-electron chi connectivity index (χ0n) is 12.1. The Morgan fingerprint density at radius 3 is 2.67 bits per heavy atom. The second-order valence-corrected chi connectivity index (χ2v) is 5.03. The average Bonchev–Trinajstić information content (AvgIpc) is 2.82. The number of aromatic nitrogens is 2. The third kappa shape index (κ3) is 2.97. The molecular weight excluding hydrogens is 278 g/mol. The molecule has 2 rings (SSSR count). The molecule has 21 heavy (non-hydrogen) atoms. The Hall–Kier alpha value is -2.16. The molecule has 0 spiro atoms. The highest BCUT2D eigenvalue weighted by Crippen LogP contribution is 2.21. The topological polar surface area (TPSA) is 105 Å². The Bertz CT molecular complexity index is 536. The molecule has 2 heterocycles. The first-order valence-corrected chi connectivity index (χ1v) is 6.89. The summed E-state index contributed by atoms with van der Waals surface area (Å²) in [5.74, 6) is -0.0326. The van der Waals surface area contributed by atoms with E-state index in [-0.39, 0.29) is 11.9 Å². The molecule has 9 heteroatoms. The van der Waals surface area contributed by atoms with Gasteiger partial charge in [-0.2, -0.15) is 0 Å². The smallest absolute Gasteiger partial charge is 0.443 e. The number of amides is 1. The Labute approximate surface area is 121 Å². The van der Waals surface area contributed by atoms with Gasteiger partial charge >= 0.3 is 11.9 Å². The minimum Gasteiger partial charge on any atom is -0.463 e. The van der Waals surface area contributed by atoms with E-state index in [4.69, 9.17) is 0 Å². The number of carboxylic acid groups (broad SMARTS) is 1. The SMILES string of the molecule is CCN1CCC(N(C(=O)O)n2c([N+](=O)[O-])cnc2C)CC1. The van der Waals surface area contributed by atoms with Gasteiger partial charge in [0.2, 0.25) is 5.82 Å². The third-order valence-electron chi connectivity index (χ3n) is 3.84. The third-order valence-corrected chi connectivity index (χ3v) is 3.84. The molecule has 0 aromatic carbocycles. The van der Waals surface area contributed by atoms with Crippen molar-refractivity contribution >= 4 is 11.9 Å². The first kappa shape index (κ1) is 15.2. The van der Waals surface area contributed by atoms with Crippen LogP contribution in [0.15, 0.2) is 6.20 Å². The lowest BCUT2D eigenvalue weighted by Gasteiger charge is -2.34. The molecule has 9 nitrogen and oxygen atoms in total. The molecule has 0 atom stereocenters. The lowest BCUT2D eigenvalue weighted by atomic mass is 10.0. The van der Waals surface area contributed by atoms with Gasteiger partial charge in [-0.15, -0.1) is 5.01 Å². The van der Waals surface area contributed by atoms with E-state index in [2.05, 4.69) is 16.8 Å². The highest BCUT2D eigenvalue weighted by atomic mass is 16.6. The lowest BCUT2D eigenvalue weighted by Crippen LogP contribution is -2.52. The number of nitrogens with zero attached hydrogens (tertiary/aromatic N) is 5. The van der Waals surface area contributed by atoms with E-state index >= 15 is 0 Å². The van der Waals surface area contributed by atoms with Crippen LogP contribution < -0.4 is 5.01 Å². The summed E-state index contributed by atoms with van der Waals surface area (Å²) < 4.78 is 1.09. The summed E-state index contributed by atoms with van der Waals surface area (Å²) in [6.07, 6.45) is 1.19. The lowest BCUT2D eigenvalue weighted by molar-refractivity contribution is -0.392. The van der Waals surface area contributed by atoms with E-state index in [1.807, 2.05) is 0 Å². The van der Waals surface area contributed by atoms with Gasteiger partial charge in [-0.3, -0.25) is 0 Å². The highest BCUT2D eigenvalue weighted by molar-refractivity contribution is 5.77. The molecule has 0 unspecified atom stereocenters. The van der Waals surface area contributed by atoms with Crippen molar-refractivity contribution in [2.75, 3.05) is 24.6 Å². The van der Waals surface area contributed by atoms with Gasteiger partial charge in [0, 0.05) is 20.0 Å². The van der Waals surface area contributed by atoms with Crippen LogP contribution in [0.25, 0.3) is 0 Å². The minimum absolute atomic E-state index is 0.281. The van der Waals surface area contributed by atoms with E-state index in [1.165, 1.54) is 0 Å². The number of hydrogen-bond donors (Lipinski definition) is 1. The van der Waals surface area contributed by atoms with Gasteiger partial charge < -0.3 is 20.1 Å². The standard InChI is InChI=1S/C12H19N5O4/c1-3-14-6-4-10(5-7-14)16(12(18)19)15-9(2)13-8-11(15)17(20)21/h8,10H,3-7H2,1-2H3,(H,18,19). The Kier molecular flexibility index (Phi) is 4.41. The van der Waals surface area contributed by atoms with Crippen LogP contribution in [0.5, 0.6) is 0 Å². The molecular formula is C12H19N5O4. The number of likely N-dealkylation sites (tertiary alicyclic amines) is 1. The molecule has 0 bridgehead atoms. The molecule has 1 saturated heterocycles. The summed E-state index contributed by atoms with van der Waals surface area (Å²) >= 11 is 0. The molecule has 0 aliphatic carbocycles. The minimum atomic E-state index is -1.20. The predicted octanol–water partition coefficient (Wildman–Crippen LogP) is 1.20. The maximum atomic E-state index is 11.6. The summed E-state index contributed by atoms with van der Waals surface area (Å²) in [7, 11) is 0. The Morgan fingerprint density at radius 2 is 2.19 bits per heavy atom. The van der Waals surface area contributed by atoms with Crippen molar-refractivity contribution in [2.24, 2.45) is 0 Å². The summed E-state index contributed by atoms with van der Waals surface area (Å²) in [4.78, 5) is 28.2. The van der Waals surface area contributed by atoms with Gasteiger partial charge in [0.1, 0.15) is 6.20 Å². The average molecular weight is 297 g/mol. The fourth-order valence-electron chi connectivity index (χ4n) is 2.70. The molecule has 1 amide bonds. The fraction of sp³-hybridized carbons (Fsp3) is 0.667. The molecule has 0 saturated carbocycles. The van der Waals surface area contributed by atoms with Gasteiger partial charge in [0.05, 0.1) is 6.04 Å². The maximum Gasteiger partial charge on any atom is 0.443 e. The number of nitro groups is 1.